The van der Waals surface area contributed by atoms with E-state index in [-0.39, 0.29) is 17.4 Å². The molecule has 0 aromatic carbocycles. The number of hydrogen-bond acceptors (Lipinski definition) is 6. The van der Waals surface area contributed by atoms with E-state index in [9.17, 15) is 9.59 Å². The molecule has 6 nitrogen and oxygen atoms in total. The van der Waals surface area contributed by atoms with Crippen LogP contribution in [0.5, 0.6) is 0 Å². The Morgan fingerprint density at radius 3 is 2.64 bits per heavy atom. The van der Waals surface area contributed by atoms with Gasteiger partial charge in [-0.05, 0) is 19.4 Å². The molecule has 1 amide bonds. The van der Waals surface area contributed by atoms with Crippen molar-refractivity contribution in [3.05, 3.63) is 10.6 Å². The Hall–Kier alpha value is -1.47. The van der Waals surface area contributed by atoms with E-state index in [2.05, 4.69) is 15.6 Å². The average Bonchev–Trinajstić information content (AvgIpc) is 2.91. The molecule has 1 aliphatic heterocycles. The molecule has 1 saturated heterocycles. The largest absolute Gasteiger partial charge is 0.465 e. The maximum absolute atomic E-state index is 12.3. The number of ether oxygens (including phenoxy) is 1. The maximum atomic E-state index is 12.3. The summed E-state index contributed by atoms with van der Waals surface area (Å²) in [5.74, 6) is -0.510. The van der Waals surface area contributed by atoms with Crippen molar-refractivity contribution in [2.75, 3.05) is 19.0 Å². The van der Waals surface area contributed by atoms with Crippen molar-refractivity contribution in [1.29, 1.82) is 0 Å². The zero-order valence-corrected chi connectivity index (χ0v) is 14.3. The number of amides is 1. The summed E-state index contributed by atoms with van der Waals surface area (Å²) in [6, 6.07) is -0.183. The molecule has 0 radical (unpaired) electrons. The minimum atomic E-state index is -0.418. The summed E-state index contributed by atoms with van der Waals surface area (Å²) in [4.78, 5) is 29.0. The van der Waals surface area contributed by atoms with E-state index < -0.39 is 5.97 Å². The minimum absolute atomic E-state index is 0.0923. The highest BCUT2D eigenvalue weighted by Crippen LogP contribution is 2.32. The van der Waals surface area contributed by atoms with E-state index in [4.69, 9.17) is 4.74 Å². The van der Waals surface area contributed by atoms with Crippen LogP contribution in [0.15, 0.2) is 0 Å². The average molecular weight is 325 g/mol. The van der Waals surface area contributed by atoms with Gasteiger partial charge in [0.25, 0.3) is 0 Å². The number of thiazole rings is 1. The van der Waals surface area contributed by atoms with Gasteiger partial charge in [-0.15, -0.1) is 0 Å². The van der Waals surface area contributed by atoms with Crippen LogP contribution in [0.2, 0.25) is 0 Å². The Morgan fingerprint density at radius 2 is 2.09 bits per heavy atom. The summed E-state index contributed by atoms with van der Waals surface area (Å²) in [6.07, 6.45) is 2.97. The number of carbonyl (C=O) groups is 2. The fourth-order valence-electron chi connectivity index (χ4n) is 2.38. The minimum Gasteiger partial charge on any atom is -0.465 e. The van der Waals surface area contributed by atoms with Gasteiger partial charge in [0, 0.05) is 5.41 Å². The molecule has 1 aromatic heterocycles. The third kappa shape index (κ3) is 3.84. The molecule has 1 unspecified atom stereocenters. The first-order valence-electron chi connectivity index (χ1n) is 7.47. The smallest absolute Gasteiger partial charge is 0.350 e. The van der Waals surface area contributed by atoms with Gasteiger partial charge in [-0.1, -0.05) is 38.5 Å². The Kier molecular flexibility index (Phi) is 5.18. The van der Waals surface area contributed by atoms with Gasteiger partial charge >= 0.3 is 5.97 Å². The highest BCUT2D eigenvalue weighted by Gasteiger charge is 2.29. The molecule has 0 saturated carbocycles. The quantitative estimate of drug-likeness (QED) is 0.834. The number of rotatable bonds is 3. The van der Waals surface area contributed by atoms with Crippen molar-refractivity contribution in [3.63, 3.8) is 0 Å². The predicted octanol–water partition coefficient (Wildman–Crippen LogP) is 2.31. The molecule has 2 heterocycles. The lowest BCUT2D eigenvalue weighted by Crippen LogP contribution is -2.43. The van der Waals surface area contributed by atoms with E-state index in [1.54, 1.807) is 0 Å². The molecule has 0 spiro atoms. The van der Waals surface area contributed by atoms with Crippen molar-refractivity contribution in [3.8, 4) is 0 Å². The van der Waals surface area contributed by atoms with E-state index in [1.165, 1.54) is 18.4 Å². The molecule has 1 atom stereocenters. The first-order valence-corrected chi connectivity index (χ1v) is 8.28. The number of nitrogens with one attached hydrogen (secondary N) is 2. The lowest BCUT2D eigenvalue weighted by Gasteiger charge is -2.21. The monoisotopic (exact) mass is 325 g/mol. The van der Waals surface area contributed by atoms with E-state index >= 15 is 0 Å². The van der Waals surface area contributed by atoms with Gasteiger partial charge in [-0.25, -0.2) is 9.78 Å². The predicted molar refractivity (Wildman–Crippen MR) is 86.4 cm³/mol. The molecule has 22 heavy (non-hydrogen) atoms. The van der Waals surface area contributed by atoms with Crippen LogP contribution in [-0.2, 0) is 14.9 Å². The van der Waals surface area contributed by atoms with Crippen molar-refractivity contribution in [1.82, 2.24) is 10.3 Å². The highest BCUT2D eigenvalue weighted by atomic mass is 32.1. The topological polar surface area (TPSA) is 80.3 Å². The van der Waals surface area contributed by atoms with Crippen LogP contribution in [0.25, 0.3) is 0 Å². The Bertz CT molecular complexity index is 557. The molecule has 2 rings (SSSR count). The van der Waals surface area contributed by atoms with Gasteiger partial charge in [0.05, 0.1) is 18.8 Å². The third-order valence-corrected chi connectivity index (χ3v) is 4.52. The summed E-state index contributed by atoms with van der Waals surface area (Å²) in [7, 11) is 1.35. The first-order chi connectivity index (χ1) is 10.3. The van der Waals surface area contributed by atoms with Crippen molar-refractivity contribution in [2.45, 2.75) is 51.5 Å². The van der Waals surface area contributed by atoms with Gasteiger partial charge in [-0.2, -0.15) is 0 Å². The number of methoxy groups -OCH3 is 1. The second kappa shape index (κ2) is 6.75. The third-order valence-electron chi connectivity index (χ3n) is 3.57. The van der Waals surface area contributed by atoms with Gasteiger partial charge in [-0.3, -0.25) is 4.79 Å². The normalized spacial score (nSPS) is 18.8. The molecule has 1 aromatic rings. The number of aromatic nitrogens is 1. The van der Waals surface area contributed by atoms with Crippen molar-refractivity contribution in [2.24, 2.45) is 0 Å². The second-order valence-corrected chi connectivity index (χ2v) is 7.43. The lowest BCUT2D eigenvalue weighted by molar-refractivity contribution is -0.118. The molecule has 0 bridgehead atoms. The Morgan fingerprint density at radius 1 is 1.36 bits per heavy atom. The zero-order chi connectivity index (χ0) is 16.3. The number of anilines is 1. The number of nitrogens with zero attached hydrogens (tertiary/aromatic N) is 1. The number of piperidine rings is 1. The van der Waals surface area contributed by atoms with Gasteiger partial charge in [0.15, 0.2) is 5.13 Å². The van der Waals surface area contributed by atoms with E-state index in [1.807, 2.05) is 20.8 Å². The molecule has 0 aliphatic carbocycles. The summed E-state index contributed by atoms with van der Waals surface area (Å²) in [5, 5.41) is 6.47. The standard InChI is InChI=1S/C15H23N3O3S/c1-15(2,3)11-10(13(20)21-4)22-14(17-11)18-12(19)9-7-5-6-8-16-9/h9,16H,5-8H2,1-4H3,(H,17,18,19). The molecule has 2 N–H and O–H groups in total. The molecular formula is C15H23N3O3S. The van der Waals surface area contributed by atoms with Crippen LogP contribution in [-0.4, -0.2) is 36.6 Å². The number of hydrogen-bond donors (Lipinski definition) is 2. The van der Waals surface area contributed by atoms with Crippen LogP contribution in [0.4, 0.5) is 5.13 Å². The maximum Gasteiger partial charge on any atom is 0.350 e. The Labute approximate surface area is 134 Å². The molecule has 7 heteroatoms. The summed E-state index contributed by atoms with van der Waals surface area (Å²) < 4.78 is 4.81. The van der Waals surface area contributed by atoms with Gasteiger partial charge in [0.2, 0.25) is 5.91 Å². The molecule has 122 valence electrons. The highest BCUT2D eigenvalue weighted by molar-refractivity contribution is 7.17. The van der Waals surface area contributed by atoms with E-state index in [0.717, 1.165) is 25.8 Å². The van der Waals surface area contributed by atoms with Crippen molar-refractivity contribution >= 4 is 28.3 Å². The number of carbonyl (C=O) groups excluding carboxylic acids is 2. The summed E-state index contributed by atoms with van der Waals surface area (Å²) >= 11 is 1.17. The Balaban J connectivity index is 2.19. The fraction of sp³-hybridized carbons (Fsp3) is 0.667. The van der Waals surface area contributed by atoms with Crippen LogP contribution >= 0.6 is 11.3 Å². The van der Waals surface area contributed by atoms with Crippen LogP contribution in [0, 0.1) is 0 Å². The van der Waals surface area contributed by atoms with Gasteiger partial charge < -0.3 is 15.4 Å². The SMILES string of the molecule is COC(=O)c1sc(NC(=O)C2CCCCN2)nc1C(C)(C)C. The molecule has 1 fully saturated rings. The first kappa shape index (κ1) is 16.9. The van der Waals surface area contributed by atoms with Crippen LogP contribution in [0.1, 0.15) is 55.4 Å². The number of esters is 1. The van der Waals surface area contributed by atoms with E-state index in [0.29, 0.717) is 15.7 Å². The fourth-order valence-corrected chi connectivity index (χ4v) is 3.48. The summed E-state index contributed by atoms with van der Waals surface area (Å²) in [5.41, 5.74) is 0.350. The van der Waals surface area contributed by atoms with Crippen LogP contribution < -0.4 is 10.6 Å². The zero-order valence-electron chi connectivity index (χ0n) is 13.5. The van der Waals surface area contributed by atoms with Crippen molar-refractivity contribution < 1.29 is 14.3 Å². The van der Waals surface area contributed by atoms with Gasteiger partial charge in [0.1, 0.15) is 4.88 Å². The summed E-state index contributed by atoms with van der Waals surface area (Å²) in [6.45, 7) is 6.78. The molecular weight excluding hydrogens is 302 g/mol. The lowest BCUT2D eigenvalue weighted by atomic mass is 9.91. The van der Waals surface area contributed by atoms with Crippen LogP contribution in [0.3, 0.4) is 0 Å². The molecule has 1 aliphatic rings. The second-order valence-electron chi connectivity index (χ2n) is 6.43.